The minimum absolute atomic E-state index is 0.198. The highest BCUT2D eigenvalue weighted by molar-refractivity contribution is 5.11. The summed E-state index contributed by atoms with van der Waals surface area (Å²) in [5, 5.41) is 0. The second kappa shape index (κ2) is 6.97. The molecule has 126 valence electrons. The van der Waals surface area contributed by atoms with Crippen LogP contribution >= 0.6 is 0 Å². The molecule has 2 aliphatic heterocycles. The van der Waals surface area contributed by atoms with Gasteiger partial charge in [-0.25, -0.2) is 0 Å². The van der Waals surface area contributed by atoms with Crippen LogP contribution in [-0.4, -0.2) is 46.8 Å². The van der Waals surface area contributed by atoms with Crippen molar-refractivity contribution in [2.75, 3.05) is 19.8 Å². The number of nitrogens with zero attached hydrogens (tertiary/aromatic N) is 3. The summed E-state index contributed by atoms with van der Waals surface area (Å²) in [4.78, 5) is 11.4. The van der Waals surface area contributed by atoms with Crippen molar-refractivity contribution in [3.05, 3.63) is 59.7 Å². The fourth-order valence-corrected chi connectivity index (χ4v) is 3.72. The lowest BCUT2D eigenvalue weighted by atomic mass is 10.0. The number of pyridine rings is 2. The maximum absolute atomic E-state index is 6.19. The summed E-state index contributed by atoms with van der Waals surface area (Å²) in [6, 6.07) is 12.6. The maximum atomic E-state index is 6.19. The molecule has 0 unspecified atom stereocenters. The zero-order valence-electron chi connectivity index (χ0n) is 14.0. The lowest BCUT2D eigenvalue weighted by Gasteiger charge is -2.21. The van der Waals surface area contributed by atoms with E-state index in [9.17, 15) is 0 Å². The van der Waals surface area contributed by atoms with Crippen LogP contribution in [0.4, 0.5) is 0 Å². The molecule has 0 amide bonds. The molecule has 5 heteroatoms. The van der Waals surface area contributed by atoms with Crippen LogP contribution < -0.4 is 0 Å². The molecule has 0 aliphatic carbocycles. The summed E-state index contributed by atoms with van der Waals surface area (Å²) < 4.78 is 11.9. The Morgan fingerprint density at radius 1 is 1.17 bits per heavy atom. The van der Waals surface area contributed by atoms with Gasteiger partial charge in [0.1, 0.15) is 0 Å². The zero-order chi connectivity index (χ0) is 16.4. The molecular weight excluding hydrogens is 302 g/mol. The molecule has 4 rings (SSSR count). The number of aromatic nitrogens is 2. The number of rotatable bonds is 5. The van der Waals surface area contributed by atoms with Crippen LogP contribution in [0, 0.1) is 12.8 Å². The SMILES string of the molecule is Cc1cccc(CN2C[C@H](OCc3ccccn3)[C@H]3COC[C@H]32)n1. The molecule has 2 fully saturated rings. The van der Waals surface area contributed by atoms with Gasteiger partial charge in [-0.15, -0.1) is 0 Å². The van der Waals surface area contributed by atoms with Crippen molar-refractivity contribution in [3.8, 4) is 0 Å². The third kappa shape index (κ3) is 3.34. The van der Waals surface area contributed by atoms with Crippen molar-refractivity contribution in [2.24, 2.45) is 5.92 Å². The molecule has 0 aromatic carbocycles. The molecular formula is C19H23N3O2. The third-order valence-electron chi connectivity index (χ3n) is 4.94. The van der Waals surface area contributed by atoms with Gasteiger partial charge in [-0.05, 0) is 31.2 Å². The van der Waals surface area contributed by atoms with Gasteiger partial charge in [0.25, 0.3) is 0 Å². The van der Waals surface area contributed by atoms with Crippen LogP contribution in [0.1, 0.15) is 17.1 Å². The van der Waals surface area contributed by atoms with Crippen LogP contribution in [0.5, 0.6) is 0 Å². The fourth-order valence-electron chi connectivity index (χ4n) is 3.72. The number of fused-ring (bicyclic) bond motifs is 1. The van der Waals surface area contributed by atoms with E-state index in [4.69, 9.17) is 9.47 Å². The highest BCUT2D eigenvalue weighted by atomic mass is 16.5. The minimum Gasteiger partial charge on any atom is -0.379 e. The van der Waals surface area contributed by atoms with E-state index in [1.54, 1.807) is 0 Å². The predicted molar refractivity (Wildman–Crippen MR) is 90.3 cm³/mol. The van der Waals surface area contributed by atoms with Gasteiger partial charge in [-0.3, -0.25) is 14.9 Å². The first-order valence-electron chi connectivity index (χ1n) is 8.55. The van der Waals surface area contributed by atoms with Crippen molar-refractivity contribution in [1.29, 1.82) is 0 Å². The first kappa shape index (κ1) is 15.7. The summed E-state index contributed by atoms with van der Waals surface area (Å²) in [5.41, 5.74) is 3.16. The minimum atomic E-state index is 0.198. The Balaban J connectivity index is 1.42. The van der Waals surface area contributed by atoms with Gasteiger partial charge in [0, 0.05) is 36.9 Å². The smallest absolute Gasteiger partial charge is 0.0892 e. The van der Waals surface area contributed by atoms with Gasteiger partial charge >= 0.3 is 0 Å². The monoisotopic (exact) mass is 325 g/mol. The van der Waals surface area contributed by atoms with Crippen LogP contribution in [0.15, 0.2) is 42.6 Å². The Morgan fingerprint density at radius 2 is 2.08 bits per heavy atom. The second-order valence-electron chi connectivity index (χ2n) is 6.64. The number of likely N-dealkylation sites (tertiary alicyclic amines) is 1. The van der Waals surface area contributed by atoms with E-state index in [0.29, 0.717) is 18.6 Å². The van der Waals surface area contributed by atoms with E-state index in [1.165, 1.54) is 0 Å². The molecule has 2 aromatic heterocycles. The van der Waals surface area contributed by atoms with Crippen LogP contribution in [0.25, 0.3) is 0 Å². The normalized spacial score (nSPS) is 26.6. The average Bonchev–Trinajstić information content (AvgIpc) is 3.18. The molecule has 2 saturated heterocycles. The topological polar surface area (TPSA) is 47.5 Å². The molecule has 2 aromatic rings. The van der Waals surface area contributed by atoms with Gasteiger partial charge in [0.2, 0.25) is 0 Å². The standard InChI is InChI=1S/C19H23N3O2/c1-14-5-4-7-15(21-14)9-22-10-19(17-12-23-13-18(17)22)24-11-16-6-2-3-8-20-16/h2-8,17-19H,9-13H2,1H3/t17-,18+,19-/m0/s1. The molecule has 24 heavy (non-hydrogen) atoms. The molecule has 0 radical (unpaired) electrons. The summed E-state index contributed by atoms with van der Waals surface area (Å²) in [5.74, 6) is 0.443. The Morgan fingerprint density at radius 3 is 2.92 bits per heavy atom. The molecule has 3 atom stereocenters. The molecule has 2 aliphatic rings. The lowest BCUT2D eigenvalue weighted by molar-refractivity contribution is 0.00733. The van der Waals surface area contributed by atoms with E-state index in [1.807, 2.05) is 37.4 Å². The van der Waals surface area contributed by atoms with Crippen LogP contribution in [0.3, 0.4) is 0 Å². The quantitative estimate of drug-likeness (QED) is 0.843. The molecule has 0 spiro atoms. The average molecular weight is 325 g/mol. The van der Waals surface area contributed by atoms with Gasteiger partial charge in [-0.2, -0.15) is 0 Å². The number of aryl methyl sites for hydroxylation is 1. The molecule has 0 bridgehead atoms. The Labute approximate surface area is 142 Å². The van der Waals surface area contributed by atoms with Gasteiger partial charge < -0.3 is 9.47 Å². The Hall–Kier alpha value is -1.82. The number of hydrogen-bond donors (Lipinski definition) is 0. The Bertz CT molecular complexity index is 679. The van der Waals surface area contributed by atoms with E-state index >= 15 is 0 Å². The van der Waals surface area contributed by atoms with Crippen molar-refractivity contribution in [3.63, 3.8) is 0 Å². The first-order valence-corrected chi connectivity index (χ1v) is 8.55. The van der Waals surface area contributed by atoms with E-state index in [0.717, 1.165) is 43.4 Å². The van der Waals surface area contributed by atoms with Crippen molar-refractivity contribution in [1.82, 2.24) is 14.9 Å². The number of ether oxygens (including phenoxy) is 2. The zero-order valence-corrected chi connectivity index (χ0v) is 14.0. The van der Waals surface area contributed by atoms with E-state index in [-0.39, 0.29) is 6.10 Å². The molecule has 0 saturated carbocycles. The summed E-state index contributed by atoms with van der Waals surface area (Å²) >= 11 is 0. The van der Waals surface area contributed by atoms with Gasteiger partial charge in [-0.1, -0.05) is 12.1 Å². The molecule has 5 nitrogen and oxygen atoms in total. The van der Waals surface area contributed by atoms with E-state index in [2.05, 4.69) is 27.0 Å². The highest BCUT2D eigenvalue weighted by Gasteiger charge is 2.45. The first-order chi connectivity index (χ1) is 11.8. The second-order valence-corrected chi connectivity index (χ2v) is 6.64. The van der Waals surface area contributed by atoms with Gasteiger partial charge in [0.15, 0.2) is 0 Å². The van der Waals surface area contributed by atoms with Crippen molar-refractivity contribution >= 4 is 0 Å². The summed E-state index contributed by atoms with van der Waals surface area (Å²) in [6.07, 6.45) is 2.01. The largest absolute Gasteiger partial charge is 0.379 e. The van der Waals surface area contributed by atoms with Gasteiger partial charge in [0.05, 0.1) is 37.3 Å². The summed E-state index contributed by atoms with van der Waals surface area (Å²) in [7, 11) is 0. The third-order valence-corrected chi connectivity index (χ3v) is 4.94. The summed E-state index contributed by atoms with van der Waals surface area (Å²) in [6.45, 7) is 5.96. The van der Waals surface area contributed by atoms with Crippen molar-refractivity contribution < 1.29 is 9.47 Å². The van der Waals surface area contributed by atoms with Crippen LogP contribution in [-0.2, 0) is 22.6 Å². The predicted octanol–water partition coefficient (Wildman–Crippen LogP) is 2.20. The lowest BCUT2D eigenvalue weighted by Crippen LogP contribution is -2.32. The van der Waals surface area contributed by atoms with Crippen LogP contribution in [0.2, 0.25) is 0 Å². The maximum Gasteiger partial charge on any atom is 0.0892 e. The highest BCUT2D eigenvalue weighted by Crippen LogP contribution is 2.33. The van der Waals surface area contributed by atoms with Crippen molar-refractivity contribution in [2.45, 2.75) is 32.2 Å². The van der Waals surface area contributed by atoms with E-state index < -0.39 is 0 Å². The Kier molecular flexibility index (Phi) is 4.56. The molecule has 0 N–H and O–H groups in total. The molecule has 4 heterocycles. The number of hydrogen-bond acceptors (Lipinski definition) is 5. The fraction of sp³-hybridized carbons (Fsp3) is 0.474.